The Bertz CT molecular complexity index is 968. The molecule has 8 nitrogen and oxygen atoms in total. The maximum absolute atomic E-state index is 12.1. The molecule has 1 saturated heterocycles. The van der Waals surface area contributed by atoms with Crippen molar-refractivity contribution in [3.8, 4) is 0 Å². The molecule has 0 spiro atoms. The molecule has 0 radical (unpaired) electrons. The number of carbonyl (C=O) groups excluding carboxylic acids is 3. The van der Waals surface area contributed by atoms with Crippen LogP contribution in [0.1, 0.15) is 37.3 Å². The van der Waals surface area contributed by atoms with E-state index in [-0.39, 0.29) is 24.1 Å². The van der Waals surface area contributed by atoms with E-state index < -0.39 is 17.8 Å². The largest absolute Gasteiger partial charge is 0.416 e. The zero-order valence-corrected chi connectivity index (χ0v) is 21.8. The number of alkyl halides is 3. The number of nitrogens with two attached hydrogens (primary N) is 2. The van der Waals surface area contributed by atoms with Gasteiger partial charge in [-0.05, 0) is 63.5 Å². The fraction of sp³-hybridized carbons (Fsp3) is 0.444. The molecule has 11 heteroatoms. The van der Waals surface area contributed by atoms with Crippen molar-refractivity contribution in [1.29, 1.82) is 0 Å². The minimum atomic E-state index is -4.37. The van der Waals surface area contributed by atoms with Gasteiger partial charge >= 0.3 is 6.18 Å². The van der Waals surface area contributed by atoms with E-state index >= 15 is 0 Å². The number of likely N-dealkylation sites (tertiary alicyclic amines) is 1. The Morgan fingerprint density at radius 3 is 2.34 bits per heavy atom. The van der Waals surface area contributed by atoms with Crippen LogP contribution in [-0.2, 0) is 27.0 Å². The summed E-state index contributed by atoms with van der Waals surface area (Å²) in [6, 6.07) is 14.3. The van der Waals surface area contributed by atoms with Gasteiger partial charge < -0.3 is 31.8 Å². The summed E-state index contributed by atoms with van der Waals surface area (Å²) in [5, 5.41) is 4.95. The molecule has 1 aliphatic rings. The van der Waals surface area contributed by atoms with E-state index in [0.717, 1.165) is 31.5 Å². The monoisotopic (exact) mass is 537 g/mol. The van der Waals surface area contributed by atoms with Crippen molar-refractivity contribution >= 4 is 24.3 Å². The number of aryl methyl sites for hydroxylation is 1. The third-order valence-corrected chi connectivity index (χ3v) is 5.63. The molecule has 6 N–H and O–H groups in total. The second kappa shape index (κ2) is 17.3. The lowest BCUT2D eigenvalue weighted by Gasteiger charge is -2.16. The van der Waals surface area contributed by atoms with Crippen LogP contribution in [0.3, 0.4) is 0 Å². The molecule has 2 unspecified atom stereocenters. The summed E-state index contributed by atoms with van der Waals surface area (Å²) in [7, 11) is 2.10. The number of aldehydes is 1. The molecule has 0 bridgehead atoms. The zero-order valence-electron chi connectivity index (χ0n) is 21.8. The van der Waals surface area contributed by atoms with Crippen molar-refractivity contribution in [2.24, 2.45) is 11.5 Å². The maximum atomic E-state index is 12.1. The van der Waals surface area contributed by atoms with E-state index in [1.807, 2.05) is 25.1 Å². The fourth-order valence-electron chi connectivity index (χ4n) is 3.48. The van der Waals surface area contributed by atoms with Gasteiger partial charge in [-0.15, -0.1) is 0 Å². The number of hydrogen-bond donors (Lipinski definition) is 4. The number of hydrogen-bond acceptors (Lipinski definition) is 6. The summed E-state index contributed by atoms with van der Waals surface area (Å²) >= 11 is 0. The molecule has 2 aromatic carbocycles. The minimum absolute atomic E-state index is 0.0513. The van der Waals surface area contributed by atoms with Gasteiger partial charge in [-0.3, -0.25) is 9.59 Å². The Morgan fingerprint density at radius 1 is 1.16 bits per heavy atom. The average Bonchev–Trinajstić information content (AvgIpc) is 3.26. The number of benzene rings is 2. The summed E-state index contributed by atoms with van der Waals surface area (Å²) in [4.78, 5) is 34.0. The van der Waals surface area contributed by atoms with Crippen LogP contribution < -0.4 is 22.1 Å². The zero-order chi connectivity index (χ0) is 28.6. The fourth-order valence-corrected chi connectivity index (χ4v) is 3.48. The maximum Gasteiger partial charge on any atom is 0.416 e. The number of nitrogens with one attached hydrogen (secondary N) is 2. The first-order valence-corrected chi connectivity index (χ1v) is 12.3. The average molecular weight is 538 g/mol. The highest BCUT2D eigenvalue weighted by Gasteiger charge is 2.30. The summed E-state index contributed by atoms with van der Waals surface area (Å²) < 4.78 is 36.3. The molecule has 210 valence electrons. The van der Waals surface area contributed by atoms with Crippen molar-refractivity contribution in [1.82, 2.24) is 10.2 Å². The second-order valence-electron chi connectivity index (χ2n) is 9.09. The van der Waals surface area contributed by atoms with Gasteiger partial charge in [0, 0.05) is 30.7 Å². The number of rotatable bonds is 9. The van der Waals surface area contributed by atoms with Crippen LogP contribution >= 0.6 is 0 Å². The number of nitrogens with zero attached hydrogens (tertiary/aromatic N) is 1. The molecular formula is C27H38F3N5O3. The van der Waals surface area contributed by atoms with E-state index in [4.69, 9.17) is 11.5 Å². The molecule has 0 aromatic heterocycles. The minimum Gasteiger partial charge on any atom is -0.352 e. The normalized spacial score (nSPS) is 16.6. The first-order valence-electron chi connectivity index (χ1n) is 12.3. The second-order valence-corrected chi connectivity index (χ2v) is 9.09. The van der Waals surface area contributed by atoms with Crippen molar-refractivity contribution in [3.05, 3.63) is 65.7 Å². The Labute approximate surface area is 221 Å². The Balaban J connectivity index is 0.000000313. The third-order valence-electron chi connectivity index (χ3n) is 5.63. The predicted molar refractivity (Wildman–Crippen MR) is 142 cm³/mol. The number of carbonyl (C=O) groups is 3. The van der Waals surface area contributed by atoms with Crippen LogP contribution in [0, 0.1) is 0 Å². The van der Waals surface area contributed by atoms with Gasteiger partial charge in [-0.25, -0.2) is 0 Å². The van der Waals surface area contributed by atoms with Crippen LogP contribution in [0.2, 0.25) is 0 Å². The van der Waals surface area contributed by atoms with Crippen molar-refractivity contribution in [3.63, 3.8) is 0 Å². The Morgan fingerprint density at radius 2 is 1.84 bits per heavy atom. The lowest BCUT2D eigenvalue weighted by molar-refractivity contribution is -0.137. The molecule has 0 aliphatic carbocycles. The quantitative estimate of drug-likeness (QED) is 0.364. The smallest absolute Gasteiger partial charge is 0.352 e. The number of anilines is 1. The van der Waals surface area contributed by atoms with Gasteiger partial charge in [0.1, 0.15) is 6.29 Å². The first kappa shape index (κ1) is 32.7. The van der Waals surface area contributed by atoms with Crippen molar-refractivity contribution in [2.45, 2.75) is 56.9 Å². The standard InChI is InChI=1S/C14H20N2O2.C8H6F3NO.C5H12N2/c1-11(16-14(18)13(15)9-10-17)7-8-12-5-3-2-4-6-12;9-8(10,11)6-2-1-3-7(4-6)12-5-13;1-7-3-2-5(6)4-7/h2-6,10-11,13H,7-9,15H2,1H3,(H,16,18);1-5H,(H,12,13);5H,2-4,6H2,1H3/t11-,13?;;/m1../s1. The van der Waals surface area contributed by atoms with Crippen LogP contribution in [0.4, 0.5) is 18.9 Å². The molecule has 3 rings (SSSR count). The molecule has 38 heavy (non-hydrogen) atoms. The molecule has 1 heterocycles. The van der Waals surface area contributed by atoms with E-state index in [2.05, 4.69) is 34.7 Å². The highest BCUT2D eigenvalue weighted by Crippen LogP contribution is 2.30. The van der Waals surface area contributed by atoms with Gasteiger partial charge in [-0.2, -0.15) is 13.2 Å². The molecule has 3 atom stereocenters. The molecule has 1 aliphatic heterocycles. The Kier molecular flexibility index (Phi) is 14.9. The van der Waals surface area contributed by atoms with Crippen molar-refractivity contribution in [2.75, 3.05) is 25.5 Å². The summed E-state index contributed by atoms with van der Waals surface area (Å²) in [6.07, 6.45) is -0.378. The molecule has 2 amide bonds. The molecular weight excluding hydrogens is 499 g/mol. The van der Waals surface area contributed by atoms with Gasteiger partial charge in [0.25, 0.3) is 0 Å². The summed E-state index contributed by atoms with van der Waals surface area (Å²) in [5.41, 5.74) is 11.7. The first-order chi connectivity index (χ1) is 18.0. The lowest BCUT2D eigenvalue weighted by Crippen LogP contribution is -2.44. The molecule has 2 aromatic rings. The van der Waals surface area contributed by atoms with Crippen LogP contribution in [0.5, 0.6) is 0 Å². The summed E-state index contributed by atoms with van der Waals surface area (Å²) in [6.45, 7) is 4.20. The topological polar surface area (TPSA) is 131 Å². The highest BCUT2D eigenvalue weighted by molar-refractivity contribution is 5.84. The van der Waals surface area contributed by atoms with Gasteiger partial charge in [0.05, 0.1) is 11.6 Å². The van der Waals surface area contributed by atoms with E-state index in [1.165, 1.54) is 30.7 Å². The molecule has 0 saturated carbocycles. The van der Waals surface area contributed by atoms with Gasteiger partial charge in [0.15, 0.2) is 0 Å². The SMILES string of the molecule is CN1CCC(N)C1.C[C@H](CCc1ccccc1)NC(=O)C(N)CC=O.O=CNc1cccc(C(F)(F)F)c1. The van der Waals surface area contributed by atoms with E-state index in [9.17, 15) is 27.6 Å². The highest BCUT2D eigenvalue weighted by atomic mass is 19.4. The number of likely N-dealkylation sites (N-methyl/N-ethyl adjacent to an activating group) is 1. The van der Waals surface area contributed by atoms with Gasteiger partial charge in [0.2, 0.25) is 12.3 Å². The number of amides is 2. The van der Waals surface area contributed by atoms with Crippen LogP contribution in [0.15, 0.2) is 54.6 Å². The number of halogens is 3. The van der Waals surface area contributed by atoms with E-state index in [1.54, 1.807) is 0 Å². The predicted octanol–water partition coefficient (Wildman–Crippen LogP) is 2.96. The lowest BCUT2D eigenvalue weighted by atomic mass is 10.1. The van der Waals surface area contributed by atoms with Gasteiger partial charge in [-0.1, -0.05) is 36.4 Å². The summed E-state index contributed by atoms with van der Waals surface area (Å²) in [5.74, 6) is -0.261. The molecule has 1 fully saturated rings. The third kappa shape index (κ3) is 13.9. The van der Waals surface area contributed by atoms with Crippen LogP contribution in [0.25, 0.3) is 0 Å². The van der Waals surface area contributed by atoms with E-state index in [0.29, 0.717) is 18.7 Å². The van der Waals surface area contributed by atoms with Crippen molar-refractivity contribution < 1.29 is 27.6 Å². The van der Waals surface area contributed by atoms with Crippen LogP contribution in [-0.4, -0.2) is 61.8 Å². The Hall–Kier alpha value is -3.28.